The Morgan fingerprint density at radius 2 is 1.91 bits per heavy atom. The summed E-state index contributed by atoms with van der Waals surface area (Å²) in [7, 11) is 0. The zero-order valence-corrected chi connectivity index (χ0v) is 7.30. The summed E-state index contributed by atoms with van der Waals surface area (Å²) in [6, 6.07) is 0. The number of nitrogens with two attached hydrogens (primary N) is 1. The van der Waals surface area contributed by atoms with Gasteiger partial charge in [0.15, 0.2) is 0 Å². The Bertz CT molecular complexity index is 114. The number of amides is 1. The lowest BCUT2D eigenvalue weighted by molar-refractivity contribution is -0.124. The quantitative estimate of drug-likeness (QED) is 0.627. The van der Waals surface area contributed by atoms with Crippen LogP contribution in [0, 0.1) is 5.92 Å². The van der Waals surface area contributed by atoms with Crippen LogP contribution in [0.25, 0.3) is 0 Å². The number of primary amides is 1. The third-order valence-electron chi connectivity index (χ3n) is 1.62. The molecule has 0 aromatic carbocycles. The highest BCUT2D eigenvalue weighted by atomic mass is 16.5. The fraction of sp³-hybridized carbons (Fsp3) is 0.875. The lowest BCUT2D eigenvalue weighted by Gasteiger charge is -2.18. The maximum Gasteiger partial charge on any atom is 0.220 e. The van der Waals surface area contributed by atoms with Crippen LogP contribution in [-0.2, 0) is 9.53 Å². The molecule has 1 heterocycles. The minimum atomic E-state index is -0.182. The van der Waals surface area contributed by atoms with Gasteiger partial charge in [-0.25, -0.2) is 0 Å². The molecule has 0 atom stereocenters. The minimum Gasteiger partial charge on any atom is -0.381 e. The Morgan fingerprint density at radius 1 is 1.45 bits per heavy atom. The van der Waals surface area contributed by atoms with Crippen LogP contribution in [-0.4, -0.2) is 19.1 Å². The summed E-state index contributed by atoms with van der Waals surface area (Å²) in [6.07, 6.45) is 1.60. The third-order valence-corrected chi connectivity index (χ3v) is 1.62. The molecule has 2 N–H and O–H groups in total. The largest absolute Gasteiger partial charge is 0.381 e. The molecule has 3 heteroatoms. The molecule has 0 radical (unpaired) electrons. The van der Waals surface area contributed by atoms with Crippen LogP contribution in [0.4, 0.5) is 0 Å². The highest BCUT2D eigenvalue weighted by Gasteiger charge is 2.17. The van der Waals surface area contributed by atoms with E-state index in [1.165, 1.54) is 0 Å². The Hall–Kier alpha value is -0.570. The first kappa shape index (κ1) is 10.4. The van der Waals surface area contributed by atoms with Gasteiger partial charge in [-0.15, -0.1) is 0 Å². The normalized spacial score (nSPS) is 18.4. The highest BCUT2D eigenvalue weighted by Crippen LogP contribution is 2.12. The first-order valence-corrected chi connectivity index (χ1v) is 4.18. The van der Waals surface area contributed by atoms with Crippen molar-refractivity contribution in [2.75, 3.05) is 13.2 Å². The van der Waals surface area contributed by atoms with E-state index in [9.17, 15) is 4.79 Å². The first-order chi connectivity index (χ1) is 5.30. The number of carbonyl (C=O) groups excluding carboxylic acids is 1. The van der Waals surface area contributed by atoms with E-state index in [1.54, 1.807) is 0 Å². The van der Waals surface area contributed by atoms with Gasteiger partial charge in [-0.2, -0.15) is 0 Å². The van der Waals surface area contributed by atoms with Gasteiger partial charge < -0.3 is 10.5 Å². The van der Waals surface area contributed by atoms with Gasteiger partial charge in [0.05, 0.1) is 0 Å². The summed E-state index contributed by atoms with van der Waals surface area (Å²) in [5.41, 5.74) is 5.07. The molecule has 0 aromatic rings. The molecule has 0 unspecified atom stereocenters. The van der Waals surface area contributed by atoms with Gasteiger partial charge >= 0.3 is 0 Å². The molecule has 0 aromatic heterocycles. The van der Waals surface area contributed by atoms with Crippen LogP contribution in [0.5, 0.6) is 0 Å². The molecular formula is C8H19NO2. The highest BCUT2D eigenvalue weighted by molar-refractivity contribution is 5.76. The second-order valence-corrected chi connectivity index (χ2v) is 2.29. The lowest BCUT2D eigenvalue weighted by atomic mass is 10.0. The average Bonchev–Trinajstić information content (AvgIpc) is 2.10. The second-order valence-electron chi connectivity index (χ2n) is 2.29. The number of rotatable bonds is 1. The maximum atomic E-state index is 10.5. The summed E-state index contributed by atoms with van der Waals surface area (Å²) in [4.78, 5) is 10.5. The smallest absolute Gasteiger partial charge is 0.220 e. The van der Waals surface area contributed by atoms with Gasteiger partial charge in [0.2, 0.25) is 5.91 Å². The van der Waals surface area contributed by atoms with Crippen molar-refractivity contribution in [3.8, 4) is 0 Å². The molecule has 11 heavy (non-hydrogen) atoms. The van der Waals surface area contributed by atoms with Crippen molar-refractivity contribution in [1.29, 1.82) is 0 Å². The Labute approximate surface area is 69.4 Å². The van der Waals surface area contributed by atoms with Crippen LogP contribution in [0.1, 0.15) is 28.1 Å². The van der Waals surface area contributed by atoms with Gasteiger partial charge in [-0.1, -0.05) is 13.8 Å². The molecule has 0 aliphatic carbocycles. The van der Waals surface area contributed by atoms with E-state index in [0.29, 0.717) is 13.2 Å². The van der Waals surface area contributed by atoms with Crippen molar-refractivity contribution < 1.29 is 11.0 Å². The Morgan fingerprint density at radius 3 is 2.18 bits per heavy atom. The number of hydrogen-bond acceptors (Lipinski definition) is 2. The van der Waals surface area contributed by atoms with Crippen LogP contribution in [0.3, 0.4) is 0 Å². The van der Waals surface area contributed by atoms with E-state index in [2.05, 4.69) is 0 Å². The van der Waals surface area contributed by atoms with Gasteiger partial charge in [0.25, 0.3) is 0 Å². The van der Waals surface area contributed by atoms with E-state index in [0.717, 1.165) is 12.8 Å². The maximum absolute atomic E-state index is 10.5. The van der Waals surface area contributed by atoms with E-state index >= 15 is 0 Å². The van der Waals surface area contributed by atoms with Crippen LogP contribution >= 0.6 is 0 Å². The fourth-order valence-electron chi connectivity index (χ4n) is 0.982. The molecule has 1 aliphatic heterocycles. The molecule has 0 bridgehead atoms. The summed E-state index contributed by atoms with van der Waals surface area (Å²) in [5.74, 6) is -0.114. The van der Waals surface area contributed by atoms with Crippen molar-refractivity contribution >= 4 is 5.91 Å². The van der Waals surface area contributed by atoms with Crippen molar-refractivity contribution in [3.05, 3.63) is 0 Å². The Kier molecular flexibility index (Phi) is 5.84. The third kappa shape index (κ3) is 3.98. The monoisotopic (exact) mass is 161 g/mol. The van der Waals surface area contributed by atoms with E-state index in [1.807, 2.05) is 13.8 Å². The van der Waals surface area contributed by atoms with Gasteiger partial charge in [-0.3, -0.25) is 4.79 Å². The molecule has 1 fully saturated rings. The Balaban J connectivity index is 0. The van der Waals surface area contributed by atoms with Crippen LogP contribution in [0.2, 0.25) is 0 Å². The number of ether oxygens (including phenoxy) is 1. The summed E-state index contributed by atoms with van der Waals surface area (Å²) >= 11 is 0. The lowest BCUT2D eigenvalue weighted by Crippen LogP contribution is -2.28. The van der Waals surface area contributed by atoms with Crippen LogP contribution in [0.15, 0.2) is 0 Å². The predicted molar refractivity (Wildman–Crippen MR) is 46.2 cm³/mol. The molecule has 68 valence electrons. The fourth-order valence-corrected chi connectivity index (χ4v) is 0.982. The molecule has 1 rings (SSSR count). The van der Waals surface area contributed by atoms with E-state index < -0.39 is 0 Å². The SMILES string of the molecule is CC.NC(=O)C1CCOCC1.[HH]. The van der Waals surface area contributed by atoms with Crippen molar-refractivity contribution in [1.82, 2.24) is 0 Å². The minimum absolute atomic E-state index is 0. The summed E-state index contributed by atoms with van der Waals surface area (Å²) in [6.45, 7) is 5.38. The molecule has 1 saturated heterocycles. The van der Waals surface area contributed by atoms with Crippen molar-refractivity contribution in [2.24, 2.45) is 11.7 Å². The first-order valence-electron chi connectivity index (χ1n) is 4.18. The molecule has 0 saturated carbocycles. The van der Waals surface area contributed by atoms with Crippen LogP contribution < -0.4 is 5.73 Å². The summed E-state index contributed by atoms with van der Waals surface area (Å²) < 4.78 is 5.04. The zero-order valence-electron chi connectivity index (χ0n) is 7.30. The van der Waals surface area contributed by atoms with Crippen molar-refractivity contribution in [3.63, 3.8) is 0 Å². The predicted octanol–water partition coefficient (Wildman–Crippen LogP) is 1.17. The van der Waals surface area contributed by atoms with Gasteiger partial charge in [0, 0.05) is 20.6 Å². The molecule has 1 aliphatic rings. The van der Waals surface area contributed by atoms with Gasteiger partial charge in [-0.05, 0) is 12.8 Å². The topological polar surface area (TPSA) is 52.3 Å². The molecular weight excluding hydrogens is 142 g/mol. The van der Waals surface area contributed by atoms with E-state index in [4.69, 9.17) is 10.5 Å². The molecule has 3 nitrogen and oxygen atoms in total. The van der Waals surface area contributed by atoms with Gasteiger partial charge in [0.1, 0.15) is 0 Å². The average molecular weight is 161 g/mol. The number of carbonyl (C=O) groups is 1. The number of hydrogen-bond donors (Lipinski definition) is 1. The standard InChI is InChI=1S/C6H11NO2.C2H6.H2/c7-6(8)5-1-3-9-4-2-5;1-2;/h5H,1-4H2,(H2,7,8);1-2H3;1H. The zero-order chi connectivity index (χ0) is 8.69. The van der Waals surface area contributed by atoms with E-state index in [-0.39, 0.29) is 13.3 Å². The molecule has 0 spiro atoms. The summed E-state index contributed by atoms with van der Waals surface area (Å²) in [5, 5.41) is 0. The second kappa shape index (κ2) is 6.16. The van der Waals surface area contributed by atoms with Crippen molar-refractivity contribution in [2.45, 2.75) is 26.7 Å². The molecule has 1 amide bonds.